The number of piperidine rings is 1. The molecule has 1 aromatic heterocycles. The van der Waals surface area contributed by atoms with Crippen LogP contribution in [0.15, 0.2) is 34.7 Å². The summed E-state index contributed by atoms with van der Waals surface area (Å²) in [6.07, 6.45) is 3.99. The molecule has 22 heavy (non-hydrogen) atoms. The van der Waals surface area contributed by atoms with E-state index in [2.05, 4.69) is 17.9 Å². The lowest BCUT2D eigenvalue weighted by molar-refractivity contribution is 0.205. The highest BCUT2D eigenvalue weighted by Crippen LogP contribution is 2.28. The monoisotopic (exact) mass is 321 g/mol. The van der Waals surface area contributed by atoms with Crippen molar-refractivity contribution in [2.24, 2.45) is 0 Å². The van der Waals surface area contributed by atoms with Crippen molar-refractivity contribution in [1.82, 2.24) is 4.90 Å². The first kappa shape index (κ1) is 16.9. The fourth-order valence-corrected chi connectivity index (χ4v) is 2.89. The second kappa shape index (κ2) is 7.70. The number of likely N-dealkylation sites (tertiary alicyclic amines) is 1. The topological polar surface area (TPSA) is 25.6 Å². The van der Waals surface area contributed by atoms with Crippen molar-refractivity contribution in [2.45, 2.75) is 32.7 Å². The molecular formula is C18H24ClNO2. The number of halogens is 1. The van der Waals surface area contributed by atoms with E-state index >= 15 is 0 Å². The number of hydrogen-bond acceptors (Lipinski definition) is 3. The smallest absolute Gasteiger partial charge is 0.134 e. The van der Waals surface area contributed by atoms with Crippen molar-refractivity contribution < 1.29 is 9.15 Å². The molecule has 2 heterocycles. The highest BCUT2D eigenvalue weighted by molar-refractivity contribution is 5.85. The molecule has 0 N–H and O–H groups in total. The van der Waals surface area contributed by atoms with Gasteiger partial charge in [-0.25, -0.2) is 0 Å². The number of nitrogens with zero attached hydrogens (tertiary/aromatic N) is 1. The molecule has 1 saturated heterocycles. The van der Waals surface area contributed by atoms with Crippen molar-refractivity contribution in [2.75, 3.05) is 20.2 Å². The van der Waals surface area contributed by atoms with Gasteiger partial charge < -0.3 is 9.15 Å². The molecule has 0 saturated carbocycles. The lowest BCUT2D eigenvalue weighted by Crippen LogP contribution is -2.29. The number of methoxy groups -OCH3 is 1. The summed E-state index contributed by atoms with van der Waals surface area (Å²) in [5.74, 6) is 2.92. The molecule has 0 atom stereocenters. The molecule has 0 bridgehead atoms. The van der Waals surface area contributed by atoms with Crippen LogP contribution in [0.4, 0.5) is 0 Å². The molecule has 4 heteroatoms. The number of aryl methyl sites for hydroxylation is 1. The number of benzene rings is 1. The zero-order chi connectivity index (χ0) is 14.7. The van der Waals surface area contributed by atoms with Crippen LogP contribution in [0, 0.1) is 6.92 Å². The summed E-state index contributed by atoms with van der Waals surface area (Å²) in [4.78, 5) is 2.49. The van der Waals surface area contributed by atoms with E-state index in [1.807, 2.05) is 24.3 Å². The molecule has 0 amide bonds. The minimum atomic E-state index is 0. The van der Waals surface area contributed by atoms with Crippen molar-refractivity contribution in [1.29, 1.82) is 0 Å². The van der Waals surface area contributed by atoms with Crippen LogP contribution < -0.4 is 4.74 Å². The van der Waals surface area contributed by atoms with Crippen LogP contribution >= 0.6 is 12.4 Å². The van der Waals surface area contributed by atoms with E-state index in [9.17, 15) is 0 Å². The number of ether oxygens (including phenoxy) is 1. The number of rotatable bonds is 4. The Morgan fingerprint density at radius 3 is 2.41 bits per heavy atom. The first-order chi connectivity index (χ1) is 10.3. The maximum Gasteiger partial charge on any atom is 0.134 e. The quantitative estimate of drug-likeness (QED) is 0.818. The zero-order valence-corrected chi connectivity index (χ0v) is 14.1. The molecule has 3 nitrogen and oxygen atoms in total. The van der Waals surface area contributed by atoms with Gasteiger partial charge in [0.1, 0.15) is 17.3 Å². The van der Waals surface area contributed by atoms with Gasteiger partial charge in [-0.1, -0.05) is 6.42 Å². The van der Waals surface area contributed by atoms with Crippen LogP contribution in [0.1, 0.15) is 30.6 Å². The molecule has 1 aromatic carbocycles. The number of furan rings is 1. The van der Waals surface area contributed by atoms with Gasteiger partial charge in [0.15, 0.2) is 0 Å². The fourth-order valence-electron chi connectivity index (χ4n) is 2.89. The standard InChI is InChI=1S/C18H23NO2.ClH/c1-14-12-17(15-6-8-16(20-2)9-7-15)21-18(14)13-19-10-4-3-5-11-19;/h6-9,12H,3-5,10-11,13H2,1-2H3;1H. The Hall–Kier alpha value is -1.45. The molecular weight excluding hydrogens is 298 g/mol. The Bertz CT molecular complexity index is 586. The Balaban J connectivity index is 0.00000176. The van der Waals surface area contributed by atoms with E-state index in [1.165, 1.54) is 37.9 Å². The van der Waals surface area contributed by atoms with Gasteiger partial charge in [0.25, 0.3) is 0 Å². The average Bonchev–Trinajstić information content (AvgIpc) is 2.89. The third-order valence-corrected chi connectivity index (χ3v) is 4.21. The Labute approximate surface area is 138 Å². The zero-order valence-electron chi connectivity index (χ0n) is 13.3. The number of hydrogen-bond donors (Lipinski definition) is 0. The van der Waals surface area contributed by atoms with Gasteiger partial charge >= 0.3 is 0 Å². The van der Waals surface area contributed by atoms with Crippen LogP contribution in [0.5, 0.6) is 5.75 Å². The second-order valence-corrected chi connectivity index (χ2v) is 5.78. The van der Waals surface area contributed by atoms with Gasteiger partial charge in [0.05, 0.1) is 13.7 Å². The van der Waals surface area contributed by atoms with Gasteiger partial charge in [-0.3, -0.25) is 4.90 Å². The Kier molecular flexibility index (Phi) is 5.92. The highest BCUT2D eigenvalue weighted by atomic mass is 35.5. The summed E-state index contributed by atoms with van der Waals surface area (Å²) in [5, 5.41) is 0. The summed E-state index contributed by atoms with van der Waals surface area (Å²) in [6.45, 7) is 5.45. The van der Waals surface area contributed by atoms with Gasteiger partial charge in [-0.2, -0.15) is 0 Å². The van der Waals surface area contributed by atoms with E-state index < -0.39 is 0 Å². The summed E-state index contributed by atoms with van der Waals surface area (Å²) >= 11 is 0. The van der Waals surface area contributed by atoms with Gasteiger partial charge in [-0.05, 0) is 68.8 Å². The minimum absolute atomic E-state index is 0. The van der Waals surface area contributed by atoms with Crippen LogP contribution in [-0.2, 0) is 6.54 Å². The third kappa shape index (κ3) is 3.84. The largest absolute Gasteiger partial charge is 0.497 e. The highest BCUT2D eigenvalue weighted by Gasteiger charge is 2.15. The predicted molar refractivity (Wildman–Crippen MR) is 91.8 cm³/mol. The van der Waals surface area contributed by atoms with Gasteiger partial charge in [0.2, 0.25) is 0 Å². The molecule has 0 spiro atoms. The normalized spacial score (nSPS) is 15.4. The van der Waals surface area contributed by atoms with Gasteiger partial charge in [-0.15, -0.1) is 12.4 Å². The summed E-state index contributed by atoms with van der Waals surface area (Å²) in [7, 11) is 1.68. The molecule has 1 aliphatic heterocycles. The Morgan fingerprint density at radius 1 is 1.09 bits per heavy atom. The molecule has 0 aliphatic carbocycles. The maximum atomic E-state index is 6.09. The minimum Gasteiger partial charge on any atom is -0.497 e. The van der Waals surface area contributed by atoms with Crippen LogP contribution in [0.2, 0.25) is 0 Å². The predicted octanol–water partition coefficient (Wildman–Crippen LogP) is 4.67. The van der Waals surface area contributed by atoms with Crippen LogP contribution in [-0.4, -0.2) is 25.1 Å². The molecule has 2 aromatic rings. The summed E-state index contributed by atoms with van der Waals surface area (Å²) < 4.78 is 11.3. The molecule has 0 radical (unpaired) electrons. The lowest BCUT2D eigenvalue weighted by Gasteiger charge is -2.25. The average molecular weight is 322 g/mol. The molecule has 1 aliphatic rings. The van der Waals surface area contributed by atoms with E-state index in [1.54, 1.807) is 7.11 Å². The van der Waals surface area contributed by atoms with Crippen LogP contribution in [0.3, 0.4) is 0 Å². The van der Waals surface area contributed by atoms with Crippen LogP contribution in [0.25, 0.3) is 11.3 Å². The first-order valence-electron chi connectivity index (χ1n) is 7.72. The molecule has 1 fully saturated rings. The molecule has 3 rings (SSSR count). The van der Waals surface area contributed by atoms with Gasteiger partial charge in [0, 0.05) is 5.56 Å². The maximum absolute atomic E-state index is 6.09. The summed E-state index contributed by atoms with van der Waals surface area (Å²) in [5.41, 5.74) is 2.34. The van der Waals surface area contributed by atoms with Crippen molar-refractivity contribution in [3.63, 3.8) is 0 Å². The van der Waals surface area contributed by atoms with Crippen molar-refractivity contribution in [3.05, 3.63) is 41.7 Å². The second-order valence-electron chi connectivity index (χ2n) is 5.78. The summed E-state index contributed by atoms with van der Waals surface area (Å²) in [6, 6.07) is 10.2. The fraction of sp³-hybridized carbons (Fsp3) is 0.444. The third-order valence-electron chi connectivity index (χ3n) is 4.21. The van der Waals surface area contributed by atoms with Crippen molar-refractivity contribution >= 4 is 12.4 Å². The van der Waals surface area contributed by atoms with E-state index in [4.69, 9.17) is 9.15 Å². The van der Waals surface area contributed by atoms with E-state index in [0.717, 1.165) is 29.4 Å². The molecule has 120 valence electrons. The molecule has 0 unspecified atom stereocenters. The van der Waals surface area contributed by atoms with Crippen molar-refractivity contribution in [3.8, 4) is 17.1 Å². The SMILES string of the molecule is COc1ccc(-c2cc(C)c(CN3CCCCC3)o2)cc1.Cl. The first-order valence-corrected chi connectivity index (χ1v) is 7.72. The lowest BCUT2D eigenvalue weighted by atomic mass is 10.1. The van der Waals surface area contributed by atoms with E-state index in [-0.39, 0.29) is 12.4 Å². The van der Waals surface area contributed by atoms with E-state index in [0.29, 0.717) is 0 Å². The Morgan fingerprint density at radius 2 is 1.77 bits per heavy atom.